The molecule has 0 amide bonds. The Hall–Kier alpha value is -1.49. The molecule has 0 radical (unpaired) electrons. The summed E-state index contributed by atoms with van der Waals surface area (Å²) >= 11 is 0. The molecule has 0 bridgehead atoms. The van der Waals surface area contributed by atoms with Crippen LogP contribution in [0.4, 0.5) is 13.2 Å². The number of rotatable bonds is 0. The number of nitrogens with one attached hydrogen (secondary N) is 1. The summed E-state index contributed by atoms with van der Waals surface area (Å²) in [6.07, 6.45) is 2.27. The molecule has 1 heterocycles. The fourth-order valence-corrected chi connectivity index (χ4v) is 2.59. The first-order valence-corrected chi connectivity index (χ1v) is 5.53. The van der Waals surface area contributed by atoms with Gasteiger partial charge in [-0.05, 0) is 19.3 Å². The highest BCUT2D eigenvalue weighted by Gasteiger charge is 2.26. The highest BCUT2D eigenvalue weighted by atomic mass is 19.2. The zero-order valence-electron chi connectivity index (χ0n) is 8.99. The Morgan fingerprint density at radius 1 is 1.24 bits per heavy atom. The maximum absolute atomic E-state index is 13.8. The summed E-state index contributed by atoms with van der Waals surface area (Å²) in [5.41, 5.74) is 7.17. The van der Waals surface area contributed by atoms with Gasteiger partial charge in [0.25, 0.3) is 0 Å². The SMILES string of the molecule is NC1CCCc2[nH]c3c(F)cc(F)c(F)c3c21. The lowest BCUT2D eigenvalue weighted by Crippen LogP contribution is -2.16. The van der Waals surface area contributed by atoms with Gasteiger partial charge >= 0.3 is 0 Å². The maximum Gasteiger partial charge on any atom is 0.168 e. The molecule has 5 heteroatoms. The van der Waals surface area contributed by atoms with Crippen molar-refractivity contribution in [3.05, 3.63) is 34.8 Å². The summed E-state index contributed by atoms with van der Waals surface area (Å²) in [7, 11) is 0. The largest absolute Gasteiger partial charge is 0.356 e. The van der Waals surface area contributed by atoms with E-state index in [0.717, 1.165) is 12.1 Å². The summed E-state index contributed by atoms with van der Waals surface area (Å²) in [4.78, 5) is 2.82. The quantitative estimate of drug-likeness (QED) is 0.683. The predicted molar refractivity (Wildman–Crippen MR) is 58.0 cm³/mol. The molecule has 90 valence electrons. The Morgan fingerprint density at radius 3 is 2.76 bits per heavy atom. The van der Waals surface area contributed by atoms with Gasteiger partial charge in [-0.2, -0.15) is 0 Å². The molecule has 1 atom stereocenters. The van der Waals surface area contributed by atoms with Crippen molar-refractivity contribution in [1.82, 2.24) is 4.98 Å². The molecule has 2 aromatic rings. The van der Waals surface area contributed by atoms with Crippen molar-refractivity contribution in [2.75, 3.05) is 0 Å². The number of hydrogen-bond donors (Lipinski definition) is 2. The lowest BCUT2D eigenvalue weighted by atomic mass is 9.91. The van der Waals surface area contributed by atoms with Crippen LogP contribution in [0.2, 0.25) is 0 Å². The first-order valence-electron chi connectivity index (χ1n) is 5.53. The smallest absolute Gasteiger partial charge is 0.168 e. The molecular weight excluding hydrogens is 229 g/mol. The van der Waals surface area contributed by atoms with E-state index in [0.29, 0.717) is 24.5 Å². The third kappa shape index (κ3) is 1.38. The zero-order valence-corrected chi connectivity index (χ0v) is 8.99. The van der Waals surface area contributed by atoms with Crippen molar-refractivity contribution in [3.63, 3.8) is 0 Å². The number of aromatic nitrogens is 1. The van der Waals surface area contributed by atoms with Crippen LogP contribution < -0.4 is 5.73 Å². The molecule has 17 heavy (non-hydrogen) atoms. The van der Waals surface area contributed by atoms with Crippen LogP contribution in [0.25, 0.3) is 10.9 Å². The number of benzene rings is 1. The van der Waals surface area contributed by atoms with Crippen LogP contribution in [0.15, 0.2) is 6.07 Å². The van der Waals surface area contributed by atoms with Crippen LogP contribution in [0.1, 0.15) is 30.1 Å². The molecule has 0 spiro atoms. The van der Waals surface area contributed by atoms with E-state index in [9.17, 15) is 13.2 Å². The number of H-pyrrole nitrogens is 1. The first-order chi connectivity index (χ1) is 8.09. The summed E-state index contributed by atoms with van der Waals surface area (Å²) in [6.45, 7) is 0. The lowest BCUT2D eigenvalue weighted by Gasteiger charge is -2.18. The molecule has 1 aromatic carbocycles. The van der Waals surface area contributed by atoms with E-state index < -0.39 is 17.5 Å². The molecule has 0 aliphatic heterocycles. The van der Waals surface area contributed by atoms with Crippen LogP contribution in [-0.4, -0.2) is 4.98 Å². The number of hydrogen-bond acceptors (Lipinski definition) is 1. The third-order valence-electron chi connectivity index (χ3n) is 3.35. The second kappa shape index (κ2) is 3.50. The molecule has 1 aliphatic rings. The van der Waals surface area contributed by atoms with Crippen molar-refractivity contribution in [3.8, 4) is 0 Å². The Morgan fingerprint density at radius 2 is 2.00 bits per heavy atom. The van der Waals surface area contributed by atoms with E-state index in [2.05, 4.69) is 4.98 Å². The van der Waals surface area contributed by atoms with Gasteiger partial charge in [-0.15, -0.1) is 0 Å². The van der Waals surface area contributed by atoms with Gasteiger partial charge in [-0.25, -0.2) is 13.2 Å². The van der Waals surface area contributed by atoms with Crippen LogP contribution in [0.5, 0.6) is 0 Å². The van der Waals surface area contributed by atoms with Crippen molar-refractivity contribution in [2.24, 2.45) is 5.73 Å². The monoisotopic (exact) mass is 240 g/mol. The van der Waals surface area contributed by atoms with Crippen LogP contribution in [0, 0.1) is 17.5 Å². The van der Waals surface area contributed by atoms with Crippen LogP contribution in [-0.2, 0) is 6.42 Å². The van der Waals surface area contributed by atoms with E-state index in [1.165, 1.54) is 0 Å². The van der Waals surface area contributed by atoms with Gasteiger partial charge < -0.3 is 10.7 Å². The zero-order chi connectivity index (χ0) is 12.2. The Balaban J connectivity index is 2.44. The third-order valence-corrected chi connectivity index (χ3v) is 3.35. The van der Waals surface area contributed by atoms with Gasteiger partial charge in [0.15, 0.2) is 11.6 Å². The molecule has 0 saturated heterocycles. The van der Waals surface area contributed by atoms with Crippen molar-refractivity contribution in [1.29, 1.82) is 0 Å². The maximum atomic E-state index is 13.8. The van der Waals surface area contributed by atoms with Gasteiger partial charge in [0.1, 0.15) is 5.82 Å². The molecule has 3 rings (SSSR count). The van der Waals surface area contributed by atoms with E-state index in [-0.39, 0.29) is 16.9 Å². The Kier molecular flexibility index (Phi) is 2.19. The average Bonchev–Trinajstić information content (AvgIpc) is 2.67. The van der Waals surface area contributed by atoms with E-state index in [4.69, 9.17) is 5.73 Å². The average molecular weight is 240 g/mol. The molecular formula is C12H11F3N2. The van der Waals surface area contributed by atoms with E-state index in [1.807, 2.05) is 0 Å². The minimum Gasteiger partial charge on any atom is -0.356 e. The van der Waals surface area contributed by atoms with Gasteiger partial charge in [0.2, 0.25) is 0 Å². The normalized spacial score (nSPS) is 19.6. The van der Waals surface area contributed by atoms with E-state index >= 15 is 0 Å². The van der Waals surface area contributed by atoms with Crippen molar-refractivity contribution < 1.29 is 13.2 Å². The van der Waals surface area contributed by atoms with Gasteiger partial charge in [-0.3, -0.25) is 0 Å². The number of aromatic amines is 1. The minimum atomic E-state index is -1.17. The molecule has 1 unspecified atom stereocenters. The number of aryl methyl sites for hydroxylation is 1. The predicted octanol–water partition coefficient (Wildman–Crippen LogP) is 2.92. The molecule has 1 aliphatic carbocycles. The summed E-state index contributed by atoms with van der Waals surface area (Å²) in [6, 6.07) is 0.203. The standard InChI is InChI=1S/C12H11F3N2/c13-5-4-6(14)12-10(11(5)15)9-7(16)2-1-3-8(9)17-12/h4,7,17H,1-3,16H2. The highest BCUT2D eigenvalue weighted by Crippen LogP contribution is 2.37. The molecule has 0 fully saturated rings. The fraction of sp³-hybridized carbons (Fsp3) is 0.333. The van der Waals surface area contributed by atoms with Crippen LogP contribution >= 0.6 is 0 Å². The fourth-order valence-electron chi connectivity index (χ4n) is 2.59. The second-order valence-electron chi connectivity index (χ2n) is 4.42. The number of halogens is 3. The summed E-state index contributed by atoms with van der Waals surface area (Å²) in [5.74, 6) is -2.97. The molecule has 2 nitrogen and oxygen atoms in total. The van der Waals surface area contributed by atoms with Gasteiger partial charge in [-0.1, -0.05) is 0 Å². The van der Waals surface area contributed by atoms with Crippen molar-refractivity contribution >= 4 is 10.9 Å². The van der Waals surface area contributed by atoms with Crippen molar-refractivity contribution in [2.45, 2.75) is 25.3 Å². The minimum absolute atomic E-state index is 0.0197. The number of fused-ring (bicyclic) bond motifs is 3. The second-order valence-corrected chi connectivity index (χ2v) is 4.42. The molecule has 1 aromatic heterocycles. The van der Waals surface area contributed by atoms with Gasteiger partial charge in [0.05, 0.1) is 5.52 Å². The lowest BCUT2D eigenvalue weighted by molar-refractivity contribution is 0.503. The Bertz CT molecular complexity index is 604. The first kappa shape index (κ1) is 10.7. The van der Waals surface area contributed by atoms with Crippen LogP contribution in [0.3, 0.4) is 0 Å². The Labute approximate surface area is 95.6 Å². The van der Waals surface area contributed by atoms with Gasteiger partial charge in [0, 0.05) is 28.8 Å². The summed E-state index contributed by atoms with van der Waals surface area (Å²) in [5, 5.41) is -0.0234. The molecule has 0 saturated carbocycles. The summed E-state index contributed by atoms with van der Waals surface area (Å²) < 4.78 is 40.5. The molecule has 3 N–H and O–H groups in total. The topological polar surface area (TPSA) is 41.8 Å². The number of nitrogens with two attached hydrogens (primary N) is 1. The highest BCUT2D eigenvalue weighted by molar-refractivity contribution is 5.86. The van der Waals surface area contributed by atoms with E-state index in [1.54, 1.807) is 0 Å².